The molecule has 0 fully saturated rings. The van der Waals surface area contributed by atoms with Gasteiger partial charge in [0.15, 0.2) is 0 Å². The smallest absolute Gasteiger partial charge is 1.00 e. The van der Waals surface area contributed by atoms with Gasteiger partial charge in [-0.15, -0.1) is 0 Å². The molecule has 0 bridgehead atoms. The van der Waals surface area contributed by atoms with E-state index in [9.17, 15) is 4.79 Å². The van der Waals surface area contributed by atoms with E-state index in [4.69, 9.17) is 5.11 Å². The SMILES string of the molecule is Cc1ccccc1C(=O)O.[H-].[K+]. The van der Waals surface area contributed by atoms with Crippen LogP contribution in [-0.2, 0) is 0 Å². The molecule has 0 spiro atoms. The van der Waals surface area contributed by atoms with Crippen molar-refractivity contribution >= 4 is 5.97 Å². The van der Waals surface area contributed by atoms with Crippen molar-refractivity contribution in [2.75, 3.05) is 0 Å². The first-order valence-corrected chi connectivity index (χ1v) is 3.01. The predicted octanol–water partition coefficient (Wildman–Crippen LogP) is -1.19. The summed E-state index contributed by atoms with van der Waals surface area (Å²) < 4.78 is 0. The second-order valence-corrected chi connectivity index (χ2v) is 2.12. The van der Waals surface area contributed by atoms with Crippen LogP contribution in [0.3, 0.4) is 0 Å². The van der Waals surface area contributed by atoms with Gasteiger partial charge in [-0.05, 0) is 18.6 Å². The molecule has 0 amide bonds. The maximum absolute atomic E-state index is 10.4. The summed E-state index contributed by atoms with van der Waals surface area (Å²) in [6, 6.07) is 6.92. The number of carboxylic acid groups (broad SMARTS) is 1. The Kier molecular flexibility index (Phi) is 5.21. The zero-order valence-electron chi connectivity index (χ0n) is 7.66. The van der Waals surface area contributed by atoms with Gasteiger partial charge in [0.25, 0.3) is 0 Å². The summed E-state index contributed by atoms with van der Waals surface area (Å²) in [6.07, 6.45) is 0. The van der Waals surface area contributed by atoms with Crippen molar-refractivity contribution in [1.82, 2.24) is 0 Å². The van der Waals surface area contributed by atoms with E-state index in [2.05, 4.69) is 0 Å². The van der Waals surface area contributed by atoms with E-state index in [1.165, 1.54) is 0 Å². The molecule has 54 valence electrons. The van der Waals surface area contributed by atoms with Crippen molar-refractivity contribution in [3.8, 4) is 0 Å². The topological polar surface area (TPSA) is 37.3 Å². The Hall–Kier alpha value is 0.326. The van der Waals surface area contributed by atoms with Crippen LogP contribution in [-0.4, -0.2) is 11.1 Å². The van der Waals surface area contributed by atoms with Gasteiger partial charge in [0.2, 0.25) is 0 Å². The van der Waals surface area contributed by atoms with E-state index >= 15 is 0 Å². The van der Waals surface area contributed by atoms with Crippen molar-refractivity contribution in [2.45, 2.75) is 6.92 Å². The van der Waals surface area contributed by atoms with Gasteiger partial charge in [-0.2, -0.15) is 0 Å². The van der Waals surface area contributed by atoms with E-state index in [1.807, 2.05) is 6.07 Å². The fourth-order valence-electron chi connectivity index (χ4n) is 0.813. The summed E-state index contributed by atoms with van der Waals surface area (Å²) in [7, 11) is 0. The second kappa shape index (κ2) is 5.06. The van der Waals surface area contributed by atoms with Crippen molar-refractivity contribution in [1.29, 1.82) is 0 Å². The van der Waals surface area contributed by atoms with Gasteiger partial charge in [0, 0.05) is 0 Å². The summed E-state index contributed by atoms with van der Waals surface area (Å²) in [5.41, 5.74) is 1.18. The van der Waals surface area contributed by atoms with E-state index in [0.717, 1.165) is 5.56 Å². The number of rotatable bonds is 1. The van der Waals surface area contributed by atoms with Crippen molar-refractivity contribution in [3.05, 3.63) is 35.4 Å². The molecule has 0 saturated heterocycles. The number of benzene rings is 1. The minimum absolute atomic E-state index is 0. The summed E-state index contributed by atoms with van der Waals surface area (Å²) in [5, 5.41) is 8.57. The summed E-state index contributed by atoms with van der Waals surface area (Å²) in [6.45, 7) is 1.78. The Bertz CT molecular complexity index is 263. The van der Waals surface area contributed by atoms with Crippen LogP contribution in [0.2, 0.25) is 0 Å². The minimum atomic E-state index is -0.863. The second-order valence-electron chi connectivity index (χ2n) is 2.12. The van der Waals surface area contributed by atoms with Crippen molar-refractivity contribution < 1.29 is 62.7 Å². The van der Waals surface area contributed by atoms with Gasteiger partial charge in [0.1, 0.15) is 0 Å². The Morgan fingerprint density at radius 1 is 1.45 bits per heavy atom. The molecule has 0 unspecified atom stereocenters. The normalized spacial score (nSPS) is 8.45. The van der Waals surface area contributed by atoms with E-state index < -0.39 is 5.97 Å². The Balaban J connectivity index is 0. The van der Waals surface area contributed by atoms with Crippen LogP contribution in [0.1, 0.15) is 17.3 Å². The Morgan fingerprint density at radius 3 is 2.36 bits per heavy atom. The predicted molar refractivity (Wildman–Crippen MR) is 39.3 cm³/mol. The van der Waals surface area contributed by atoms with Crippen molar-refractivity contribution in [2.24, 2.45) is 0 Å². The monoisotopic (exact) mass is 176 g/mol. The number of carboxylic acids is 1. The standard InChI is InChI=1S/C8H8O2.K.H/c1-6-4-2-3-5-7(6)8(9)10;;/h2-5H,1H3,(H,9,10);;/q;+1;-1. The molecule has 2 nitrogen and oxygen atoms in total. The molecule has 0 aliphatic rings. The maximum Gasteiger partial charge on any atom is 1.00 e. The Labute approximate surface area is 110 Å². The molecule has 0 aliphatic heterocycles. The van der Waals surface area contributed by atoms with Crippen LogP contribution in [0, 0.1) is 6.92 Å². The molecule has 3 heteroatoms. The van der Waals surface area contributed by atoms with E-state index in [0.29, 0.717) is 5.56 Å². The van der Waals surface area contributed by atoms with Crippen LogP contribution in [0.15, 0.2) is 24.3 Å². The van der Waals surface area contributed by atoms with Gasteiger partial charge in [-0.25, -0.2) is 4.79 Å². The summed E-state index contributed by atoms with van der Waals surface area (Å²) in [4.78, 5) is 10.4. The first-order chi connectivity index (χ1) is 4.72. The number of hydrogen-bond donors (Lipinski definition) is 1. The van der Waals surface area contributed by atoms with Crippen LogP contribution >= 0.6 is 0 Å². The molecule has 0 atom stereocenters. The first kappa shape index (κ1) is 11.3. The molecule has 0 saturated carbocycles. The average molecular weight is 176 g/mol. The maximum atomic E-state index is 10.4. The van der Waals surface area contributed by atoms with E-state index in [1.54, 1.807) is 25.1 Å². The third-order valence-electron chi connectivity index (χ3n) is 1.38. The molecule has 0 aliphatic carbocycles. The zero-order valence-corrected chi connectivity index (χ0v) is 9.79. The fourth-order valence-corrected chi connectivity index (χ4v) is 0.813. The fraction of sp³-hybridized carbons (Fsp3) is 0.125. The molecule has 1 N–H and O–H groups in total. The molecule has 0 heterocycles. The van der Waals surface area contributed by atoms with E-state index in [-0.39, 0.29) is 52.8 Å². The third-order valence-corrected chi connectivity index (χ3v) is 1.38. The molecular weight excluding hydrogens is 167 g/mol. The van der Waals surface area contributed by atoms with Crippen LogP contribution < -0.4 is 51.4 Å². The first-order valence-electron chi connectivity index (χ1n) is 3.01. The van der Waals surface area contributed by atoms with Crippen LogP contribution in [0.25, 0.3) is 0 Å². The molecule has 1 rings (SSSR count). The van der Waals surface area contributed by atoms with Crippen LogP contribution in [0.5, 0.6) is 0 Å². The number of carbonyl (C=O) groups is 1. The number of aromatic carboxylic acids is 1. The zero-order chi connectivity index (χ0) is 7.56. The van der Waals surface area contributed by atoms with Gasteiger partial charge in [-0.1, -0.05) is 18.2 Å². The molecule has 11 heavy (non-hydrogen) atoms. The molecule has 1 aromatic rings. The Morgan fingerprint density at radius 2 is 2.00 bits per heavy atom. The molecule has 0 radical (unpaired) electrons. The minimum Gasteiger partial charge on any atom is -1.00 e. The largest absolute Gasteiger partial charge is 1.00 e. The average Bonchev–Trinajstić information content (AvgIpc) is 1.88. The molecular formula is C8H9KO2. The van der Waals surface area contributed by atoms with Gasteiger partial charge >= 0.3 is 57.4 Å². The van der Waals surface area contributed by atoms with Gasteiger partial charge in [-0.3, -0.25) is 0 Å². The third kappa shape index (κ3) is 3.05. The molecule has 0 aromatic heterocycles. The quantitative estimate of drug-likeness (QED) is 0.546. The van der Waals surface area contributed by atoms with Crippen molar-refractivity contribution in [3.63, 3.8) is 0 Å². The van der Waals surface area contributed by atoms with Crippen LogP contribution in [0.4, 0.5) is 0 Å². The number of aryl methyl sites for hydroxylation is 1. The number of hydrogen-bond acceptors (Lipinski definition) is 1. The summed E-state index contributed by atoms with van der Waals surface area (Å²) >= 11 is 0. The van der Waals surface area contributed by atoms with Gasteiger partial charge in [0.05, 0.1) is 5.56 Å². The summed E-state index contributed by atoms with van der Waals surface area (Å²) in [5.74, 6) is -0.863. The van der Waals surface area contributed by atoms with Gasteiger partial charge < -0.3 is 6.53 Å². The molecule has 1 aromatic carbocycles.